The van der Waals surface area contributed by atoms with Gasteiger partial charge in [-0.15, -0.1) is 0 Å². The summed E-state index contributed by atoms with van der Waals surface area (Å²) in [4.78, 5) is 2.72. The fraction of sp³-hybridized carbons (Fsp3) is 1.00. The van der Waals surface area contributed by atoms with E-state index in [1.165, 1.54) is 45.3 Å². The molecule has 82 valence electrons. The highest BCUT2D eigenvalue weighted by Crippen LogP contribution is 2.28. The summed E-state index contributed by atoms with van der Waals surface area (Å²) < 4.78 is 0. The lowest BCUT2D eigenvalue weighted by molar-refractivity contribution is 0.215. The van der Waals surface area contributed by atoms with Crippen molar-refractivity contribution < 1.29 is 0 Å². The highest BCUT2D eigenvalue weighted by atomic mass is 15.2. The van der Waals surface area contributed by atoms with Crippen LogP contribution in [0.25, 0.3) is 0 Å². The van der Waals surface area contributed by atoms with E-state index in [0.29, 0.717) is 0 Å². The van der Waals surface area contributed by atoms with Crippen LogP contribution < -0.4 is 5.32 Å². The Morgan fingerprint density at radius 1 is 1.29 bits per heavy atom. The van der Waals surface area contributed by atoms with Gasteiger partial charge in [0.2, 0.25) is 0 Å². The average Bonchev–Trinajstić information content (AvgIpc) is 2.85. The van der Waals surface area contributed by atoms with Crippen molar-refractivity contribution in [1.29, 1.82) is 0 Å². The standard InChI is InChI=1S/C12H24N2/c1-10(2)8-14(12-5-6-12)9-11-4-3-7-13-11/h10-13H,3-9H2,1-2H3/t11-/m0/s1. The molecule has 14 heavy (non-hydrogen) atoms. The lowest BCUT2D eigenvalue weighted by Crippen LogP contribution is -2.40. The first-order valence-corrected chi connectivity index (χ1v) is 6.23. The summed E-state index contributed by atoms with van der Waals surface area (Å²) in [5.74, 6) is 0.817. The summed E-state index contributed by atoms with van der Waals surface area (Å²) >= 11 is 0. The van der Waals surface area contributed by atoms with Crippen LogP contribution >= 0.6 is 0 Å². The van der Waals surface area contributed by atoms with Gasteiger partial charge in [0.15, 0.2) is 0 Å². The normalized spacial score (nSPS) is 27.9. The van der Waals surface area contributed by atoms with E-state index in [1.807, 2.05) is 0 Å². The Bertz CT molecular complexity index is 169. The predicted octanol–water partition coefficient (Wildman–Crippen LogP) is 1.86. The van der Waals surface area contributed by atoms with Crippen molar-refractivity contribution in [1.82, 2.24) is 10.2 Å². The molecule has 1 saturated heterocycles. The molecule has 1 heterocycles. The monoisotopic (exact) mass is 196 g/mol. The van der Waals surface area contributed by atoms with Crippen molar-refractivity contribution >= 4 is 0 Å². The third-order valence-electron chi connectivity index (χ3n) is 3.28. The minimum absolute atomic E-state index is 0.786. The smallest absolute Gasteiger partial charge is 0.0195 e. The Morgan fingerprint density at radius 3 is 2.57 bits per heavy atom. The van der Waals surface area contributed by atoms with Crippen molar-refractivity contribution in [3.05, 3.63) is 0 Å². The molecule has 0 amide bonds. The number of nitrogens with zero attached hydrogens (tertiary/aromatic N) is 1. The summed E-state index contributed by atoms with van der Waals surface area (Å²) in [5, 5.41) is 3.60. The van der Waals surface area contributed by atoms with Crippen molar-refractivity contribution in [2.75, 3.05) is 19.6 Å². The molecule has 2 fully saturated rings. The summed E-state index contributed by atoms with van der Waals surface area (Å²) in [6.45, 7) is 8.49. The van der Waals surface area contributed by atoms with Gasteiger partial charge in [-0.3, -0.25) is 4.90 Å². The summed E-state index contributed by atoms with van der Waals surface area (Å²) in [7, 11) is 0. The zero-order valence-corrected chi connectivity index (χ0v) is 9.63. The Kier molecular flexibility index (Phi) is 3.45. The number of nitrogens with one attached hydrogen (secondary N) is 1. The average molecular weight is 196 g/mol. The van der Waals surface area contributed by atoms with E-state index in [1.54, 1.807) is 0 Å². The Balaban J connectivity index is 1.77. The first kappa shape index (κ1) is 10.4. The van der Waals surface area contributed by atoms with E-state index in [2.05, 4.69) is 24.1 Å². The van der Waals surface area contributed by atoms with Crippen LogP contribution in [0.2, 0.25) is 0 Å². The minimum atomic E-state index is 0.786. The van der Waals surface area contributed by atoms with E-state index in [9.17, 15) is 0 Å². The molecule has 0 unspecified atom stereocenters. The van der Waals surface area contributed by atoms with Gasteiger partial charge in [0.05, 0.1) is 0 Å². The van der Waals surface area contributed by atoms with Crippen LogP contribution in [0.5, 0.6) is 0 Å². The maximum Gasteiger partial charge on any atom is 0.0195 e. The predicted molar refractivity (Wildman–Crippen MR) is 60.5 cm³/mol. The highest BCUT2D eigenvalue weighted by Gasteiger charge is 2.31. The topological polar surface area (TPSA) is 15.3 Å². The lowest BCUT2D eigenvalue weighted by Gasteiger charge is -2.27. The van der Waals surface area contributed by atoms with Gasteiger partial charge in [0.1, 0.15) is 0 Å². The van der Waals surface area contributed by atoms with Crippen molar-refractivity contribution in [2.24, 2.45) is 5.92 Å². The lowest BCUT2D eigenvalue weighted by atomic mass is 10.1. The maximum absolute atomic E-state index is 3.60. The third kappa shape index (κ3) is 2.96. The fourth-order valence-corrected chi connectivity index (χ4v) is 2.48. The molecule has 0 radical (unpaired) electrons. The Labute approximate surface area is 88.1 Å². The largest absolute Gasteiger partial charge is 0.313 e. The molecular weight excluding hydrogens is 172 g/mol. The van der Waals surface area contributed by atoms with Gasteiger partial charge >= 0.3 is 0 Å². The van der Waals surface area contributed by atoms with Gasteiger partial charge < -0.3 is 5.32 Å². The molecule has 0 aromatic heterocycles. The molecule has 1 saturated carbocycles. The molecule has 1 aliphatic carbocycles. The molecule has 0 aromatic carbocycles. The maximum atomic E-state index is 3.60. The molecule has 2 heteroatoms. The first-order valence-electron chi connectivity index (χ1n) is 6.23. The molecule has 1 N–H and O–H groups in total. The molecular formula is C12H24N2. The molecule has 0 aromatic rings. The first-order chi connectivity index (χ1) is 6.75. The Morgan fingerprint density at radius 2 is 2.07 bits per heavy atom. The van der Waals surface area contributed by atoms with Crippen LogP contribution in [0.15, 0.2) is 0 Å². The fourth-order valence-electron chi connectivity index (χ4n) is 2.48. The van der Waals surface area contributed by atoms with Crippen LogP contribution in [-0.4, -0.2) is 36.6 Å². The molecule has 2 nitrogen and oxygen atoms in total. The summed E-state index contributed by atoms with van der Waals surface area (Å²) in [6.07, 6.45) is 5.66. The van der Waals surface area contributed by atoms with E-state index >= 15 is 0 Å². The minimum Gasteiger partial charge on any atom is -0.313 e. The Hall–Kier alpha value is -0.0800. The molecule has 0 bridgehead atoms. The van der Waals surface area contributed by atoms with Crippen LogP contribution in [0, 0.1) is 5.92 Å². The van der Waals surface area contributed by atoms with Gasteiger partial charge in [-0.1, -0.05) is 13.8 Å². The van der Waals surface area contributed by atoms with Gasteiger partial charge in [-0.2, -0.15) is 0 Å². The van der Waals surface area contributed by atoms with Crippen LogP contribution in [0.3, 0.4) is 0 Å². The second-order valence-corrected chi connectivity index (χ2v) is 5.37. The molecule has 0 spiro atoms. The van der Waals surface area contributed by atoms with Crippen LogP contribution in [0.1, 0.15) is 39.5 Å². The van der Waals surface area contributed by atoms with Gasteiger partial charge in [0.25, 0.3) is 0 Å². The van der Waals surface area contributed by atoms with E-state index < -0.39 is 0 Å². The highest BCUT2D eigenvalue weighted by molar-refractivity contribution is 4.88. The second kappa shape index (κ2) is 4.63. The quantitative estimate of drug-likeness (QED) is 0.722. The zero-order chi connectivity index (χ0) is 9.97. The van der Waals surface area contributed by atoms with Crippen LogP contribution in [-0.2, 0) is 0 Å². The SMILES string of the molecule is CC(C)CN(C[C@@H]1CCCN1)C1CC1. The van der Waals surface area contributed by atoms with E-state index in [4.69, 9.17) is 0 Å². The summed E-state index contributed by atoms with van der Waals surface area (Å²) in [5.41, 5.74) is 0. The van der Waals surface area contributed by atoms with Gasteiger partial charge in [0, 0.05) is 25.2 Å². The van der Waals surface area contributed by atoms with Crippen molar-refractivity contribution in [3.63, 3.8) is 0 Å². The second-order valence-electron chi connectivity index (χ2n) is 5.37. The van der Waals surface area contributed by atoms with E-state index in [-0.39, 0.29) is 0 Å². The third-order valence-corrected chi connectivity index (χ3v) is 3.28. The molecule has 2 aliphatic rings. The number of hydrogen-bond donors (Lipinski definition) is 1. The van der Waals surface area contributed by atoms with Gasteiger partial charge in [-0.25, -0.2) is 0 Å². The van der Waals surface area contributed by atoms with Crippen LogP contribution in [0.4, 0.5) is 0 Å². The summed E-state index contributed by atoms with van der Waals surface area (Å²) in [6, 6.07) is 1.72. The van der Waals surface area contributed by atoms with E-state index in [0.717, 1.165) is 18.0 Å². The number of hydrogen-bond acceptors (Lipinski definition) is 2. The zero-order valence-electron chi connectivity index (χ0n) is 9.63. The molecule has 1 atom stereocenters. The molecule has 1 aliphatic heterocycles. The molecule has 2 rings (SSSR count). The van der Waals surface area contributed by atoms with Crippen molar-refractivity contribution in [3.8, 4) is 0 Å². The number of rotatable bonds is 5. The van der Waals surface area contributed by atoms with Gasteiger partial charge in [-0.05, 0) is 38.1 Å². The van der Waals surface area contributed by atoms with Crippen molar-refractivity contribution in [2.45, 2.75) is 51.6 Å².